The number of amides is 1. The number of hydrogen-bond donors (Lipinski definition) is 3. The molecule has 1 aliphatic heterocycles. The van der Waals surface area contributed by atoms with E-state index in [0.29, 0.717) is 12.6 Å². The van der Waals surface area contributed by atoms with Crippen LogP contribution in [0, 0.1) is 0 Å². The van der Waals surface area contributed by atoms with Crippen molar-refractivity contribution < 1.29 is 13.6 Å². The van der Waals surface area contributed by atoms with Crippen molar-refractivity contribution in [2.45, 2.75) is 25.3 Å². The maximum Gasteiger partial charge on any atom is 0.235 e. The maximum atomic E-state index is 11.0. The fraction of sp³-hybridized carbons (Fsp3) is 0.875. The molecule has 1 fully saturated rings. The highest BCUT2D eigenvalue weighted by Crippen LogP contribution is 2.05. The van der Waals surface area contributed by atoms with Crippen molar-refractivity contribution in [1.29, 1.82) is 0 Å². The van der Waals surface area contributed by atoms with Crippen LogP contribution in [-0.2, 0) is 15.9 Å². The quantitative estimate of drug-likeness (QED) is 0.556. The first-order chi connectivity index (χ1) is 6.68. The van der Waals surface area contributed by atoms with Crippen LogP contribution in [0.2, 0.25) is 0 Å². The van der Waals surface area contributed by atoms with Crippen LogP contribution in [0.3, 0.4) is 0 Å². The lowest BCUT2D eigenvalue weighted by atomic mass is 10.1. The Morgan fingerprint density at radius 1 is 1.57 bits per heavy atom. The van der Waals surface area contributed by atoms with Gasteiger partial charge in [0, 0.05) is 12.6 Å². The molecule has 1 rings (SSSR count). The zero-order valence-corrected chi connectivity index (χ0v) is 8.81. The second-order valence-electron chi connectivity index (χ2n) is 3.42. The molecule has 82 valence electrons. The second-order valence-corrected chi connectivity index (χ2v) is 4.35. The van der Waals surface area contributed by atoms with Gasteiger partial charge in [0.2, 0.25) is 5.91 Å². The summed E-state index contributed by atoms with van der Waals surface area (Å²) in [7, 11) is 0. The van der Waals surface area contributed by atoms with E-state index in [-0.39, 0.29) is 11.7 Å². The van der Waals surface area contributed by atoms with E-state index in [1.54, 1.807) is 0 Å². The number of nitrogens with one attached hydrogen (secondary N) is 2. The summed E-state index contributed by atoms with van der Waals surface area (Å²) >= 11 is -2.03. The van der Waals surface area contributed by atoms with E-state index >= 15 is 0 Å². The predicted molar refractivity (Wildman–Crippen MR) is 54.3 cm³/mol. The van der Waals surface area contributed by atoms with E-state index in [2.05, 4.69) is 10.6 Å². The van der Waals surface area contributed by atoms with Gasteiger partial charge in [-0.2, -0.15) is 0 Å². The van der Waals surface area contributed by atoms with Crippen molar-refractivity contribution in [3.8, 4) is 0 Å². The van der Waals surface area contributed by atoms with E-state index in [4.69, 9.17) is 4.55 Å². The van der Waals surface area contributed by atoms with Crippen molar-refractivity contribution in [2.75, 3.05) is 18.8 Å². The molecule has 3 N–H and O–H groups in total. The third kappa shape index (κ3) is 4.69. The highest BCUT2D eigenvalue weighted by atomic mass is 32.2. The van der Waals surface area contributed by atoms with Gasteiger partial charge in [-0.25, -0.2) is 4.21 Å². The van der Waals surface area contributed by atoms with Gasteiger partial charge in [0.25, 0.3) is 0 Å². The molecule has 0 aromatic carbocycles. The van der Waals surface area contributed by atoms with Gasteiger partial charge in [0.1, 0.15) is 5.75 Å². The minimum Gasteiger partial charge on any atom is -0.354 e. The third-order valence-corrected chi connectivity index (χ3v) is 2.72. The molecule has 1 saturated heterocycles. The lowest BCUT2D eigenvalue weighted by molar-refractivity contribution is -0.118. The Morgan fingerprint density at radius 2 is 2.36 bits per heavy atom. The molecule has 2 atom stereocenters. The van der Waals surface area contributed by atoms with E-state index < -0.39 is 11.1 Å². The maximum absolute atomic E-state index is 11.0. The smallest absolute Gasteiger partial charge is 0.235 e. The Hall–Kier alpha value is -0.460. The zero-order chi connectivity index (χ0) is 10.4. The highest BCUT2D eigenvalue weighted by Gasteiger charge is 2.13. The molecule has 1 amide bonds. The molecular formula is C8H16N2O3S. The van der Waals surface area contributed by atoms with Crippen LogP contribution in [-0.4, -0.2) is 39.6 Å². The molecule has 5 nitrogen and oxygen atoms in total. The van der Waals surface area contributed by atoms with Gasteiger partial charge in [-0.1, -0.05) is 6.42 Å². The number of rotatable bonds is 4. The fourth-order valence-corrected chi connectivity index (χ4v) is 1.82. The van der Waals surface area contributed by atoms with E-state index in [1.807, 2.05) is 0 Å². The van der Waals surface area contributed by atoms with Gasteiger partial charge in [-0.05, 0) is 19.4 Å². The van der Waals surface area contributed by atoms with Gasteiger partial charge >= 0.3 is 0 Å². The number of hydrogen-bond acceptors (Lipinski definition) is 3. The summed E-state index contributed by atoms with van der Waals surface area (Å²) in [6.45, 7) is 1.54. The highest BCUT2D eigenvalue weighted by molar-refractivity contribution is 7.80. The Bertz CT molecular complexity index is 217. The SMILES string of the molecule is O=C(CS(=O)O)NCC1CCCCN1. The second kappa shape index (κ2) is 6.10. The molecule has 0 bridgehead atoms. The average molecular weight is 220 g/mol. The van der Waals surface area contributed by atoms with E-state index in [0.717, 1.165) is 13.0 Å². The Balaban J connectivity index is 2.12. The first-order valence-corrected chi connectivity index (χ1v) is 6.03. The van der Waals surface area contributed by atoms with Crippen molar-refractivity contribution in [1.82, 2.24) is 10.6 Å². The summed E-state index contributed by atoms with van der Waals surface area (Å²) in [5.74, 6) is -0.689. The van der Waals surface area contributed by atoms with E-state index in [1.165, 1.54) is 12.8 Å². The predicted octanol–water partition coefficient (Wildman–Crippen LogP) is -0.534. The molecular weight excluding hydrogens is 204 g/mol. The molecule has 0 aromatic rings. The van der Waals surface area contributed by atoms with Crippen molar-refractivity contribution in [3.63, 3.8) is 0 Å². The first kappa shape index (κ1) is 11.6. The van der Waals surface area contributed by atoms with Gasteiger partial charge in [0.15, 0.2) is 11.1 Å². The third-order valence-electron chi connectivity index (χ3n) is 2.21. The van der Waals surface area contributed by atoms with Crippen LogP contribution in [0.1, 0.15) is 19.3 Å². The summed E-state index contributed by atoms with van der Waals surface area (Å²) in [6, 6.07) is 0.319. The topological polar surface area (TPSA) is 78.4 Å². The molecule has 2 unspecified atom stereocenters. The summed E-state index contributed by atoms with van der Waals surface area (Å²) in [4.78, 5) is 11.0. The summed E-state index contributed by atoms with van der Waals surface area (Å²) in [5.41, 5.74) is 0. The van der Waals surface area contributed by atoms with Crippen LogP contribution < -0.4 is 10.6 Å². The molecule has 1 aliphatic rings. The summed E-state index contributed by atoms with van der Waals surface area (Å²) < 4.78 is 18.8. The normalized spacial score (nSPS) is 24.2. The molecule has 0 saturated carbocycles. The van der Waals surface area contributed by atoms with Crippen LogP contribution in [0.4, 0.5) is 0 Å². The standard InChI is InChI=1S/C8H16N2O3S/c11-8(6-14(12)13)10-5-7-3-1-2-4-9-7/h7,9H,1-6H2,(H,10,11)(H,12,13). The fourth-order valence-electron chi connectivity index (χ4n) is 1.50. The number of piperidine rings is 1. The lowest BCUT2D eigenvalue weighted by Crippen LogP contribution is -2.44. The molecule has 14 heavy (non-hydrogen) atoms. The van der Waals surface area contributed by atoms with Crippen LogP contribution >= 0.6 is 0 Å². The molecule has 0 spiro atoms. The van der Waals surface area contributed by atoms with Crippen molar-refractivity contribution in [3.05, 3.63) is 0 Å². The minimum absolute atomic E-state index is 0.319. The first-order valence-electron chi connectivity index (χ1n) is 4.76. The van der Waals surface area contributed by atoms with E-state index in [9.17, 15) is 9.00 Å². The zero-order valence-electron chi connectivity index (χ0n) is 7.99. The van der Waals surface area contributed by atoms with Gasteiger partial charge in [0.05, 0.1) is 0 Å². The average Bonchev–Trinajstić information content (AvgIpc) is 2.15. The molecule has 0 aromatic heterocycles. The molecule has 0 aliphatic carbocycles. The van der Waals surface area contributed by atoms with Crippen LogP contribution in [0.25, 0.3) is 0 Å². The van der Waals surface area contributed by atoms with Gasteiger partial charge in [-0.15, -0.1) is 0 Å². The minimum atomic E-state index is -2.03. The Morgan fingerprint density at radius 3 is 2.93 bits per heavy atom. The Labute approximate surface area is 85.9 Å². The monoisotopic (exact) mass is 220 g/mol. The number of carbonyl (C=O) groups is 1. The van der Waals surface area contributed by atoms with Crippen LogP contribution in [0.15, 0.2) is 0 Å². The van der Waals surface area contributed by atoms with Gasteiger partial charge in [-0.3, -0.25) is 4.79 Å². The molecule has 6 heteroatoms. The van der Waals surface area contributed by atoms with Crippen LogP contribution in [0.5, 0.6) is 0 Å². The Kier molecular flexibility index (Phi) is 5.06. The largest absolute Gasteiger partial charge is 0.354 e. The number of carbonyl (C=O) groups excluding carboxylic acids is 1. The summed E-state index contributed by atoms with van der Waals surface area (Å²) in [5, 5.41) is 5.90. The van der Waals surface area contributed by atoms with Gasteiger partial charge < -0.3 is 15.2 Å². The summed E-state index contributed by atoms with van der Waals surface area (Å²) in [6.07, 6.45) is 3.42. The van der Waals surface area contributed by atoms with Crippen molar-refractivity contribution in [2.24, 2.45) is 0 Å². The molecule has 1 heterocycles. The molecule has 0 radical (unpaired) electrons. The van der Waals surface area contributed by atoms with Crippen molar-refractivity contribution >= 4 is 17.0 Å². The lowest BCUT2D eigenvalue weighted by Gasteiger charge is -2.23.